The molecule has 0 saturated carbocycles. The van der Waals surface area contributed by atoms with Gasteiger partial charge in [0.05, 0.1) is 12.2 Å². The van der Waals surface area contributed by atoms with Crippen molar-refractivity contribution >= 4 is 23.4 Å². The van der Waals surface area contributed by atoms with Crippen LogP contribution < -0.4 is 0 Å². The van der Waals surface area contributed by atoms with E-state index in [1.807, 2.05) is 29.6 Å². The van der Waals surface area contributed by atoms with Gasteiger partial charge in [-0.2, -0.15) is 11.3 Å². The molecule has 0 amide bonds. The van der Waals surface area contributed by atoms with Crippen molar-refractivity contribution in [2.24, 2.45) is 0 Å². The molecule has 0 N–H and O–H groups in total. The minimum Gasteiger partial charge on any atom is -0.462 e. The number of benzene rings is 1. The molecule has 1 aromatic carbocycles. The van der Waals surface area contributed by atoms with E-state index in [0.29, 0.717) is 12.2 Å². The molecule has 0 atom stereocenters. The molecule has 0 unspecified atom stereocenters. The van der Waals surface area contributed by atoms with Gasteiger partial charge in [0.15, 0.2) is 0 Å². The molecule has 0 fully saturated rings. The van der Waals surface area contributed by atoms with Gasteiger partial charge in [0, 0.05) is 11.8 Å². The maximum Gasteiger partial charge on any atom is 0.338 e. The fourth-order valence-corrected chi connectivity index (χ4v) is 2.17. The second-order valence-electron chi connectivity index (χ2n) is 3.84. The molecule has 0 aliphatic rings. The van der Waals surface area contributed by atoms with Crippen molar-refractivity contribution in [3.8, 4) is 0 Å². The molecule has 2 nitrogen and oxygen atoms in total. The van der Waals surface area contributed by atoms with Crippen LogP contribution in [-0.2, 0) is 11.2 Å². The van der Waals surface area contributed by atoms with E-state index in [0.717, 1.165) is 17.5 Å². The van der Waals surface area contributed by atoms with E-state index in [9.17, 15) is 4.79 Å². The largest absolute Gasteiger partial charge is 0.462 e. The number of carbonyl (C=O) groups excluding carboxylic acids is 1. The Morgan fingerprint density at radius 3 is 2.67 bits per heavy atom. The Bertz CT molecular complexity index is 512. The summed E-state index contributed by atoms with van der Waals surface area (Å²) in [7, 11) is 0. The molecular weight excluding hydrogens is 244 g/mol. The number of rotatable bonds is 5. The van der Waals surface area contributed by atoms with Crippen LogP contribution >= 0.6 is 11.3 Å². The molecule has 0 saturated heterocycles. The van der Waals surface area contributed by atoms with E-state index in [-0.39, 0.29) is 5.97 Å². The van der Waals surface area contributed by atoms with Gasteiger partial charge in [0.25, 0.3) is 0 Å². The van der Waals surface area contributed by atoms with Gasteiger partial charge < -0.3 is 4.74 Å². The highest BCUT2D eigenvalue weighted by molar-refractivity contribution is 7.08. The molecule has 0 spiro atoms. The number of esters is 1. The van der Waals surface area contributed by atoms with E-state index in [1.54, 1.807) is 17.5 Å². The van der Waals surface area contributed by atoms with Crippen molar-refractivity contribution < 1.29 is 9.53 Å². The lowest BCUT2D eigenvalue weighted by atomic mass is 10.1. The van der Waals surface area contributed by atoms with Gasteiger partial charge in [0.2, 0.25) is 0 Å². The predicted octanol–water partition coefficient (Wildman–Crippen LogP) is 3.79. The van der Waals surface area contributed by atoms with Crippen LogP contribution in [0.3, 0.4) is 0 Å². The number of hydrogen-bond acceptors (Lipinski definition) is 3. The summed E-state index contributed by atoms with van der Waals surface area (Å²) in [6.45, 7) is 4.11. The maximum atomic E-state index is 11.6. The first-order chi connectivity index (χ1) is 8.79. The zero-order valence-electron chi connectivity index (χ0n) is 9.96. The van der Waals surface area contributed by atoms with Crippen molar-refractivity contribution in [1.82, 2.24) is 0 Å². The summed E-state index contributed by atoms with van der Waals surface area (Å²) in [5, 5.41) is 3.66. The molecule has 92 valence electrons. The Balaban J connectivity index is 1.81. The summed E-state index contributed by atoms with van der Waals surface area (Å²) < 4.78 is 5.19. The highest BCUT2D eigenvalue weighted by atomic mass is 32.1. The van der Waals surface area contributed by atoms with Gasteiger partial charge in [0.1, 0.15) is 0 Å². The topological polar surface area (TPSA) is 26.3 Å². The number of carbonyl (C=O) groups is 1. The monoisotopic (exact) mass is 258 g/mol. The van der Waals surface area contributed by atoms with Gasteiger partial charge in [-0.3, -0.25) is 0 Å². The van der Waals surface area contributed by atoms with E-state index in [4.69, 9.17) is 4.74 Å². The summed E-state index contributed by atoms with van der Waals surface area (Å²) in [6, 6.07) is 9.82. The summed E-state index contributed by atoms with van der Waals surface area (Å²) >= 11 is 1.49. The van der Waals surface area contributed by atoms with Crippen molar-refractivity contribution in [1.29, 1.82) is 0 Å². The van der Waals surface area contributed by atoms with Gasteiger partial charge in [-0.15, -0.1) is 0 Å². The summed E-state index contributed by atoms with van der Waals surface area (Å²) in [5.41, 5.74) is 2.87. The molecule has 18 heavy (non-hydrogen) atoms. The van der Waals surface area contributed by atoms with Crippen molar-refractivity contribution in [2.75, 3.05) is 6.61 Å². The highest BCUT2D eigenvalue weighted by Crippen LogP contribution is 2.09. The quantitative estimate of drug-likeness (QED) is 0.763. The van der Waals surface area contributed by atoms with Gasteiger partial charge >= 0.3 is 5.97 Å². The average Bonchev–Trinajstić information content (AvgIpc) is 2.93. The van der Waals surface area contributed by atoms with Crippen molar-refractivity contribution in [3.05, 3.63) is 64.4 Å². The first-order valence-electron chi connectivity index (χ1n) is 5.70. The summed E-state index contributed by atoms with van der Waals surface area (Å²) in [4.78, 5) is 11.6. The van der Waals surface area contributed by atoms with Crippen LogP contribution in [0, 0.1) is 0 Å². The fourth-order valence-electron chi connectivity index (χ4n) is 1.55. The van der Waals surface area contributed by atoms with Crippen LogP contribution in [0.5, 0.6) is 0 Å². The van der Waals surface area contributed by atoms with E-state index < -0.39 is 0 Å². The minimum atomic E-state index is -0.251. The van der Waals surface area contributed by atoms with E-state index in [1.165, 1.54) is 11.3 Å². The third kappa shape index (κ3) is 3.31. The average molecular weight is 258 g/mol. The van der Waals surface area contributed by atoms with Crippen molar-refractivity contribution in [2.45, 2.75) is 6.42 Å². The molecule has 2 aromatic rings. The third-order valence-electron chi connectivity index (χ3n) is 2.60. The molecule has 0 radical (unpaired) electrons. The minimum absolute atomic E-state index is 0.251. The Morgan fingerprint density at radius 1 is 1.28 bits per heavy atom. The SMILES string of the molecule is C=Cc1ccc(CCOC(=O)c2ccsc2)cc1. The first kappa shape index (κ1) is 12.6. The van der Waals surface area contributed by atoms with Crippen molar-refractivity contribution in [3.63, 3.8) is 0 Å². The van der Waals surface area contributed by atoms with Crippen LogP contribution in [-0.4, -0.2) is 12.6 Å². The second kappa shape index (κ2) is 6.17. The summed E-state index contributed by atoms with van der Waals surface area (Å²) in [5.74, 6) is -0.251. The van der Waals surface area contributed by atoms with Gasteiger partial charge in [-0.05, 0) is 22.6 Å². The zero-order valence-corrected chi connectivity index (χ0v) is 10.8. The standard InChI is InChI=1S/C15H14O2S/c1-2-12-3-5-13(6-4-12)7-9-17-15(16)14-8-10-18-11-14/h2-6,8,10-11H,1,7,9H2. The molecule has 1 heterocycles. The molecule has 0 bridgehead atoms. The lowest BCUT2D eigenvalue weighted by Gasteiger charge is -2.04. The lowest BCUT2D eigenvalue weighted by Crippen LogP contribution is -2.07. The Kier molecular flexibility index (Phi) is 4.31. The first-order valence-corrected chi connectivity index (χ1v) is 6.64. The predicted molar refractivity (Wildman–Crippen MR) is 74.8 cm³/mol. The Hall–Kier alpha value is -1.87. The maximum absolute atomic E-state index is 11.6. The van der Waals surface area contributed by atoms with Gasteiger partial charge in [-0.25, -0.2) is 4.79 Å². The highest BCUT2D eigenvalue weighted by Gasteiger charge is 2.06. The van der Waals surface area contributed by atoms with Crippen LogP contribution in [0.1, 0.15) is 21.5 Å². The molecule has 1 aromatic heterocycles. The smallest absolute Gasteiger partial charge is 0.338 e. The second-order valence-corrected chi connectivity index (χ2v) is 4.62. The van der Waals surface area contributed by atoms with Crippen LogP contribution in [0.25, 0.3) is 6.08 Å². The van der Waals surface area contributed by atoms with E-state index in [2.05, 4.69) is 6.58 Å². The zero-order chi connectivity index (χ0) is 12.8. The Labute approximate surface area is 111 Å². The summed E-state index contributed by atoms with van der Waals surface area (Å²) in [6.07, 6.45) is 2.54. The number of ether oxygens (including phenoxy) is 1. The normalized spacial score (nSPS) is 10.0. The van der Waals surface area contributed by atoms with Crippen LogP contribution in [0.2, 0.25) is 0 Å². The Morgan fingerprint density at radius 2 is 2.06 bits per heavy atom. The molecule has 3 heteroatoms. The lowest BCUT2D eigenvalue weighted by molar-refractivity contribution is 0.0510. The molecule has 2 rings (SSSR count). The van der Waals surface area contributed by atoms with Crippen LogP contribution in [0.4, 0.5) is 0 Å². The van der Waals surface area contributed by atoms with Crippen LogP contribution in [0.15, 0.2) is 47.7 Å². The van der Waals surface area contributed by atoms with Gasteiger partial charge in [-0.1, -0.05) is 36.9 Å². The molecular formula is C15H14O2S. The number of thiophene rings is 1. The molecule has 0 aliphatic heterocycles. The number of hydrogen-bond donors (Lipinski definition) is 0. The third-order valence-corrected chi connectivity index (χ3v) is 3.28. The molecule has 0 aliphatic carbocycles. The van der Waals surface area contributed by atoms with E-state index >= 15 is 0 Å². The fraction of sp³-hybridized carbons (Fsp3) is 0.133.